The van der Waals surface area contributed by atoms with Crippen molar-refractivity contribution in [3.05, 3.63) is 22.3 Å². The van der Waals surface area contributed by atoms with Crippen molar-refractivity contribution in [2.45, 2.75) is 6.42 Å². The first-order chi connectivity index (χ1) is 8.60. The van der Waals surface area contributed by atoms with E-state index in [1.54, 1.807) is 31.3 Å². The minimum atomic E-state index is -0.132. The molecule has 0 spiro atoms. The molecule has 0 unspecified atom stereocenters. The largest absolute Gasteiger partial charge is 0.385 e. The van der Waals surface area contributed by atoms with Gasteiger partial charge in [0.25, 0.3) is 5.91 Å². The number of carbonyl (C=O) groups excluding carboxylic acids is 1. The number of nitrogens with two attached hydrogens (primary N) is 1. The van der Waals surface area contributed by atoms with E-state index in [-0.39, 0.29) is 5.91 Å². The van der Waals surface area contributed by atoms with Crippen molar-refractivity contribution >= 4 is 27.7 Å². The highest BCUT2D eigenvalue weighted by atomic mass is 79.9. The number of amides is 1. The number of pyridine rings is 1. The standard InChI is InChI=1S/C11H17BrN4O2/c1-16(4-3-5-18-2)11(17)9-6-8(12)7-14-10(9)15-13/h6-7H,3-5,13H2,1-2H3,(H,14,15). The van der Waals surface area contributed by atoms with E-state index >= 15 is 0 Å². The third-order valence-electron chi connectivity index (χ3n) is 2.41. The van der Waals surface area contributed by atoms with Crippen molar-refractivity contribution in [3.63, 3.8) is 0 Å². The summed E-state index contributed by atoms with van der Waals surface area (Å²) in [5.74, 6) is 5.57. The van der Waals surface area contributed by atoms with E-state index in [4.69, 9.17) is 10.6 Å². The molecule has 18 heavy (non-hydrogen) atoms. The summed E-state index contributed by atoms with van der Waals surface area (Å²) in [6, 6.07) is 1.69. The van der Waals surface area contributed by atoms with Gasteiger partial charge in [-0.3, -0.25) is 4.79 Å². The molecule has 1 amide bonds. The molecule has 1 aromatic rings. The summed E-state index contributed by atoms with van der Waals surface area (Å²) in [6.07, 6.45) is 2.36. The number of methoxy groups -OCH3 is 1. The monoisotopic (exact) mass is 316 g/mol. The molecule has 0 fully saturated rings. The molecular weight excluding hydrogens is 300 g/mol. The lowest BCUT2D eigenvalue weighted by Crippen LogP contribution is -2.29. The highest BCUT2D eigenvalue weighted by Gasteiger charge is 2.16. The molecule has 1 heterocycles. The van der Waals surface area contributed by atoms with Gasteiger partial charge in [-0.1, -0.05) is 0 Å². The fourth-order valence-electron chi connectivity index (χ4n) is 1.47. The average Bonchev–Trinajstić information content (AvgIpc) is 2.38. The summed E-state index contributed by atoms with van der Waals surface area (Å²) in [5, 5.41) is 0. The first-order valence-electron chi connectivity index (χ1n) is 5.46. The summed E-state index contributed by atoms with van der Waals surface area (Å²) in [6.45, 7) is 1.24. The van der Waals surface area contributed by atoms with Crippen LogP contribution in [0, 0.1) is 0 Å². The SMILES string of the molecule is COCCCN(C)C(=O)c1cc(Br)cnc1NN. The first-order valence-corrected chi connectivity index (χ1v) is 6.26. The van der Waals surface area contributed by atoms with Gasteiger partial charge in [0.2, 0.25) is 0 Å². The smallest absolute Gasteiger partial charge is 0.257 e. The van der Waals surface area contributed by atoms with E-state index in [1.807, 2.05) is 0 Å². The molecule has 7 heteroatoms. The van der Waals surface area contributed by atoms with Gasteiger partial charge in [-0.15, -0.1) is 0 Å². The van der Waals surface area contributed by atoms with E-state index in [2.05, 4.69) is 26.3 Å². The van der Waals surface area contributed by atoms with Gasteiger partial charge in [0.1, 0.15) is 0 Å². The molecule has 1 aromatic heterocycles. The number of rotatable bonds is 6. The van der Waals surface area contributed by atoms with Gasteiger partial charge in [-0.25, -0.2) is 10.8 Å². The molecule has 0 saturated heterocycles. The van der Waals surface area contributed by atoms with Gasteiger partial charge in [-0.2, -0.15) is 0 Å². The lowest BCUT2D eigenvalue weighted by atomic mass is 10.2. The van der Waals surface area contributed by atoms with E-state index in [9.17, 15) is 4.79 Å². The van der Waals surface area contributed by atoms with Crippen LogP contribution in [0.5, 0.6) is 0 Å². The first kappa shape index (κ1) is 14.9. The minimum absolute atomic E-state index is 0.132. The molecule has 0 bridgehead atoms. The van der Waals surface area contributed by atoms with Gasteiger partial charge >= 0.3 is 0 Å². The Morgan fingerprint density at radius 1 is 1.67 bits per heavy atom. The summed E-state index contributed by atoms with van der Waals surface area (Å²) in [5.41, 5.74) is 2.86. The Kier molecular flexibility index (Phi) is 6.03. The number of aromatic nitrogens is 1. The maximum Gasteiger partial charge on any atom is 0.257 e. The summed E-state index contributed by atoms with van der Waals surface area (Å²) in [4.78, 5) is 17.9. The maximum absolute atomic E-state index is 12.2. The van der Waals surface area contributed by atoms with Crippen LogP contribution in [0.15, 0.2) is 16.7 Å². The van der Waals surface area contributed by atoms with Gasteiger partial charge in [0.15, 0.2) is 5.82 Å². The number of nitrogen functional groups attached to an aromatic ring is 1. The van der Waals surface area contributed by atoms with E-state index in [0.29, 0.717) is 24.5 Å². The highest BCUT2D eigenvalue weighted by Crippen LogP contribution is 2.18. The maximum atomic E-state index is 12.2. The van der Waals surface area contributed by atoms with Crippen LogP contribution in [0.3, 0.4) is 0 Å². The number of hydrogen-bond acceptors (Lipinski definition) is 5. The molecule has 100 valence electrons. The molecule has 0 saturated carbocycles. The number of halogens is 1. The number of hydrogen-bond donors (Lipinski definition) is 2. The lowest BCUT2D eigenvalue weighted by Gasteiger charge is -2.18. The molecule has 1 rings (SSSR count). The molecule has 0 aromatic carbocycles. The second-order valence-corrected chi connectivity index (χ2v) is 4.68. The van der Waals surface area contributed by atoms with Crippen molar-refractivity contribution in [2.24, 2.45) is 5.84 Å². The normalized spacial score (nSPS) is 10.2. The Labute approximate surface area is 115 Å². The van der Waals surface area contributed by atoms with Gasteiger partial charge < -0.3 is 15.1 Å². The molecule has 0 aliphatic heterocycles. The van der Waals surface area contributed by atoms with Crippen molar-refractivity contribution in [1.29, 1.82) is 0 Å². The van der Waals surface area contributed by atoms with Crippen molar-refractivity contribution < 1.29 is 9.53 Å². The van der Waals surface area contributed by atoms with E-state index < -0.39 is 0 Å². The minimum Gasteiger partial charge on any atom is -0.385 e. The predicted molar refractivity (Wildman–Crippen MR) is 73.2 cm³/mol. The van der Waals surface area contributed by atoms with Crippen molar-refractivity contribution in [1.82, 2.24) is 9.88 Å². The fraction of sp³-hybridized carbons (Fsp3) is 0.455. The van der Waals surface area contributed by atoms with Crippen LogP contribution in [0.25, 0.3) is 0 Å². The number of carbonyl (C=O) groups is 1. The van der Waals surface area contributed by atoms with Crippen LogP contribution in [0.2, 0.25) is 0 Å². The van der Waals surface area contributed by atoms with Crippen LogP contribution in [0.4, 0.5) is 5.82 Å². The Morgan fingerprint density at radius 3 is 3.00 bits per heavy atom. The zero-order valence-electron chi connectivity index (χ0n) is 10.4. The molecule has 3 N–H and O–H groups in total. The van der Waals surface area contributed by atoms with Crippen LogP contribution in [-0.4, -0.2) is 43.1 Å². The Bertz CT molecular complexity index is 414. The van der Waals surface area contributed by atoms with Crippen molar-refractivity contribution in [2.75, 3.05) is 32.7 Å². The lowest BCUT2D eigenvalue weighted by molar-refractivity contribution is 0.0780. The Morgan fingerprint density at radius 2 is 2.39 bits per heavy atom. The highest BCUT2D eigenvalue weighted by molar-refractivity contribution is 9.10. The number of anilines is 1. The molecular formula is C11H17BrN4O2. The number of nitrogens with zero attached hydrogens (tertiary/aromatic N) is 2. The molecule has 6 nitrogen and oxygen atoms in total. The molecule has 0 aliphatic carbocycles. The Balaban J connectivity index is 2.79. The predicted octanol–water partition coefficient (Wildman–Crippen LogP) is 1.24. The number of ether oxygens (including phenoxy) is 1. The fourth-order valence-corrected chi connectivity index (χ4v) is 1.80. The topological polar surface area (TPSA) is 80.5 Å². The summed E-state index contributed by atoms with van der Waals surface area (Å²) < 4.78 is 5.68. The van der Waals surface area contributed by atoms with E-state index in [0.717, 1.165) is 10.9 Å². The molecule has 0 aliphatic rings. The average molecular weight is 317 g/mol. The second-order valence-electron chi connectivity index (χ2n) is 3.77. The third-order valence-corrected chi connectivity index (χ3v) is 2.84. The quantitative estimate of drug-likeness (QED) is 0.469. The molecule has 0 atom stereocenters. The Hall–Kier alpha value is -1.18. The zero-order chi connectivity index (χ0) is 13.5. The summed E-state index contributed by atoms with van der Waals surface area (Å²) >= 11 is 3.28. The second kappa shape index (κ2) is 7.30. The van der Waals surface area contributed by atoms with Crippen LogP contribution in [-0.2, 0) is 4.74 Å². The number of hydrazine groups is 1. The zero-order valence-corrected chi connectivity index (χ0v) is 12.0. The third kappa shape index (κ3) is 3.94. The van der Waals surface area contributed by atoms with Crippen LogP contribution >= 0.6 is 15.9 Å². The van der Waals surface area contributed by atoms with E-state index in [1.165, 1.54) is 0 Å². The van der Waals surface area contributed by atoms with Crippen LogP contribution in [0.1, 0.15) is 16.8 Å². The van der Waals surface area contributed by atoms with Gasteiger partial charge in [0.05, 0.1) is 5.56 Å². The van der Waals surface area contributed by atoms with Gasteiger partial charge in [0, 0.05) is 38.0 Å². The molecule has 0 radical (unpaired) electrons. The van der Waals surface area contributed by atoms with Crippen LogP contribution < -0.4 is 11.3 Å². The van der Waals surface area contributed by atoms with Gasteiger partial charge in [-0.05, 0) is 28.4 Å². The van der Waals surface area contributed by atoms with Crippen molar-refractivity contribution in [3.8, 4) is 0 Å². The number of nitrogens with one attached hydrogen (secondary N) is 1. The summed E-state index contributed by atoms with van der Waals surface area (Å²) in [7, 11) is 3.37.